The van der Waals surface area contributed by atoms with E-state index in [1.165, 1.54) is 12.1 Å². The number of carboxylic acid groups (broad SMARTS) is 1. The minimum Gasteiger partial charge on any atom is -0.506 e. The van der Waals surface area contributed by atoms with Gasteiger partial charge in [0.25, 0.3) is 0 Å². The summed E-state index contributed by atoms with van der Waals surface area (Å²) in [4.78, 5) is 14.7. The highest BCUT2D eigenvalue weighted by atomic mass is 79.9. The molecule has 1 unspecified atom stereocenters. The first-order valence-electron chi connectivity index (χ1n) is 11.6. The molecule has 2 N–H and O–H groups in total. The summed E-state index contributed by atoms with van der Waals surface area (Å²) >= 11 is 3.41. The average Bonchev–Trinajstić information content (AvgIpc) is 3.42. The number of phenolic OH excluding ortho intramolecular Hbond substituents is 1. The number of nitrogens with zero attached hydrogens (tertiary/aromatic N) is 2. The van der Waals surface area contributed by atoms with Crippen LogP contribution in [0, 0.1) is 0 Å². The van der Waals surface area contributed by atoms with Crippen LogP contribution in [0.4, 0.5) is 13.2 Å². The summed E-state index contributed by atoms with van der Waals surface area (Å²) in [5, 5.41) is 21.6. The number of rotatable bonds is 7. The highest BCUT2D eigenvalue weighted by Crippen LogP contribution is 2.46. The highest BCUT2D eigenvalue weighted by Gasteiger charge is 2.36. The van der Waals surface area contributed by atoms with Crippen molar-refractivity contribution in [2.24, 2.45) is 0 Å². The van der Waals surface area contributed by atoms with E-state index in [9.17, 15) is 32.4 Å². The maximum atomic E-state index is 13.3. The van der Waals surface area contributed by atoms with Gasteiger partial charge in [-0.3, -0.25) is 9.11 Å². The fraction of sp³-hybridized carbons (Fsp3) is 0.400. The third-order valence-corrected chi connectivity index (χ3v) is 8.74. The number of benzene rings is 2. The molecule has 0 bridgehead atoms. The Kier molecular flexibility index (Phi) is 6.67. The Bertz CT molecular complexity index is 1380. The number of halogens is 4. The number of phenols is 1. The van der Waals surface area contributed by atoms with Crippen LogP contribution in [-0.4, -0.2) is 42.9 Å². The van der Waals surface area contributed by atoms with Crippen molar-refractivity contribution >= 4 is 43.6 Å². The molecule has 1 aliphatic carbocycles. The van der Waals surface area contributed by atoms with Crippen molar-refractivity contribution in [2.45, 2.75) is 55.1 Å². The number of carbonyl (C=O) groups is 1. The van der Waals surface area contributed by atoms with Gasteiger partial charge in [0.05, 0.1) is 37.7 Å². The largest absolute Gasteiger partial charge is 0.506 e. The molecule has 3 aromatic rings. The maximum Gasteiger partial charge on any atom is 0.416 e. The molecule has 5 rings (SSSR count). The van der Waals surface area contributed by atoms with Crippen molar-refractivity contribution in [3.8, 4) is 5.75 Å². The fourth-order valence-corrected chi connectivity index (χ4v) is 6.66. The van der Waals surface area contributed by atoms with Crippen molar-refractivity contribution in [3.05, 3.63) is 57.2 Å². The van der Waals surface area contributed by atoms with Gasteiger partial charge in [-0.1, -0.05) is 6.07 Å². The zero-order valence-electron chi connectivity index (χ0n) is 19.1. The maximum absolute atomic E-state index is 13.3. The molecule has 192 valence electrons. The molecule has 1 aromatic heterocycles. The van der Waals surface area contributed by atoms with Crippen LogP contribution in [0.1, 0.15) is 58.9 Å². The Labute approximate surface area is 216 Å². The molecule has 1 saturated heterocycles. The van der Waals surface area contributed by atoms with E-state index < -0.39 is 28.5 Å². The number of carboxylic acids is 1. The third-order valence-electron chi connectivity index (χ3n) is 6.82. The summed E-state index contributed by atoms with van der Waals surface area (Å²) in [7, 11) is -1.92. The van der Waals surface area contributed by atoms with Gasteiger partial charge in [-0.05, 0) is 79.0 Å². The molecule has 1 aliphatic heterocycles. The number of hydrogen-bond donors (Lipinski definition) is 2. The van der Waals surface area contributed by atoms with Crippen LogP contribution in [0.25, 0.3) is 10.9 Å². The number of aromatic carboxylic acids is 1. The number of fused-ring (bicyclic) bond motifs is 1. The summed E-state index contributed by atoms with van der Waals surface area (Å²) < 4.78 is 55.3. The quantitative estimate of drug-likeness (QED) is 0.352. The lowest BCUT2D eigenvalue weighted by Crippen LogP contribution is -2.19. The van der Waals surface area contributed by atoms with Crippen molar-refractivity contribution in [2.75, 3.05) is 13.1 Å². The Hall–Kier alpha value is -2.37. The molecule has 6 nitrogen and oxygen atoms in total. The van der Waals surface area contributed by atoms with Gasteiger partial charge in [-0.15, -0.1) is 0 Å². The SMILES string of the molecule is O=C(O)c1c(CS(=O)c2cccc(C(F)(F)F)c2)n(C2CC2)c2cc(Br)c(O)c(CN3CCCC3)c12. The van der Waals surface area contributed by atoms with Gasteiger partial charge in [-0.2, -0.15) is 13.2 Å². The first-order valence-corrected chi connectivity index (χ1v) is 13.8. The van der Waals surface area contributed by atoms with Gasteiger partial charge in [-0.25, -0.2) is 4.79 Å². The Balaban J connectivity index is 1.67. The zero-order valence-corrected chi connectivity index (χ0v) is 21.5. The number of hydrogen-bond acceptors (Lipinski definition) is 4. The topological polar surface area (TPSA) is 82.8 Å². The molecule has 0 amide bonds. The lowest BCUT2D eigenvalue weighted by Gasteiger charge is -2.18. The van der Waals surface area contributed by atoms with Gasteiger partial charge in [0, 0.05) is 34.1 Å². The first kappa shape index (κ1) is 25.3. The Morgan fingerprint density at radius 1 is 1.17 bits per heavy atom. The molecule has 2 aromatic carbocycles. The van der Waals surface area contributed by atoms with E-state index in [-0.39, 0.29) is 28.0 Å². The predicted molar refractivity (Wildman–Crippen MR) is 133 cm³/mol. The molecule has 1 atom stereocenters. The molecule has 1 saturated carbocycles. The standard InChI is InChI=1S/C25H24BrF3N2O4S/c26-18-11-19-21(17(23(18)32)12-30-8-1-2-9-30)22(24(33)34)20(31(19)15-6-7-15)13-36(35)16-5-3-4-14(10-16)25(27,28)29/h3-5,10-11,15,32H,1-2,6-9,12-13H2,(H,33,34). The van der Waals surface area contributed by atoms with E-state index in [0.29, 0.717) is 33.2 Å². The Morgan fingerprint density at radius 3 is 2.47 bits per heavy atom. The summed E-state index contributed by atoms with van der Waals surface area (Å²) in [6.07, 6.45) is -0.913. The average molecular weight is 585 g/mol. The lowest BCUT2D eigenvalue weighted by molar-refractivity contribution is -0.137. The molecule has 2 aliphatic rings. The van der Waals surface area contributed by atoms with Crippen LogP contribution in [-0.2, 0) is 29.3 Å². The van der Waals surface area contributed by atoms with E-state index in [1.807, 2.05) is 4.57 Å². The van der Waals surface area contributed by atoms with Crippen molar-refractivity contribution < 1.29 is 32.4 Å². The number of alkyl halides is 3. The second kappa shape index (κ2) is 9.50. The van der Waals surface area contributed by atoms with Crippen LogP contribution < -0.4 is 0 Å². The summed E-state index contributed by atoms with van der Waals surface area (Å²) in [6, 6.07) is 6.01. The first-order chi connectivity index (χ1) is 17.1. The molecule has 0 radical (unpaired) electrons. The molecule has 2 fully saturated rings. The van der Waals surface area contributed by atoms with E-state index >= 15 is 0 Å². The summed E-state index contributed by atoms with van der Waals surface area (Å²) in [6.45, 7) is 2.05. The molecular weight excluding hydrogens is 561 g/mol. The van der Waals surface area contributed by atoms with Gasteiger partial charge in [0.15, 0.2) is 0 Å². The van der Waals surface area contributed by atoms with Gasteiger partial charge in [0.2, 0.25) is 0 Å². The lowest BCUT2D eigenvalue weighted by atomic mass is 10.0. The van der Waals surface area contributed by atoms with E-state index in [2.05, 4.69) is 20.8 Å². The highest BCUT2D eigenvalue weighted by molar-refractivity contribution is 9.10. The second-order valence-corrected chi connectivity index (χ2v) is 11.6. The smallest absolute Gasteiger partial charge is 0.416 e. The van der Waals surface area contributed by atoms with Crippen molar-refractivity contribution in [3.63, 3.8) is 0 Å². The van der Waals surface area contributed by atoms with Gasteiger partial charge < -0.3 is 14.8 Å². The van der Waals surface area contributed by atoms with Crippen LogP contribution in [0.15, 0.2) is 39.7 Å². The number of aromatic hydroxyl groups is 1. The van der Waals surface area contributed by atoms with Gasteiger partial charge in [0.1, 0.15) is 5.75 Å². The Morgan fingerprint density at radius 2 is 1.86 bits per heavy atom. The van der Waals surface area contributed by atoms with E-state index in [1.54, 1.807) is 6.07 Å². The molecule has 36 heavy (non-hydrogen) atoms. The predicted octanol–water partition coefficient (Wildman–Crippen LogP) is 6.06. The van der Waals surface area contributed by atoms with Crippen LogP contribution in [0.2, 0.25) is 0 Å². The van der Waals surface area contributed by atoms with Crippen LogP contribution in [0.3, 0.4) is 0 Å². The van der Waals surface area contributed by atoms with Crippen molar-refractivity contribution in [1.29, 1.82) is 0 Å². The third kappa shape index (κ3) is 4.68. The monoisotopic (exact) mass is 584 g/mol. The summed E-state index contributed by atoms with van der Waals surface area (Å²) in [5.74, 6) is -1.51. The number of likely N-dealkylation sites (tertiary alicyclic amines) is 1. The number of aromatic nitrogens is 1. The molecular formula is C25H24BrF3N2O4S. The van der Waals surface area contributed by atoms with Crippen LogP contribution in [0.5, 0.6) is 5.75 Å². The second-order valence-electron chi connectivity index (χ2n) is 9.31. The minimum absolute atomic E-state index is 0.00480. The minimum atomic E-state index is -4.58. The van der Waals surface area contributed by atoms with Gasteiger partial charge >= 0.3 is 12.1 Å². The molecule has 0 spiro atoms. The molecule has 2 heterocycles. The van der Waals surface area contributed by atoms with E-state index in [4.69, 9.17) is 0 Å². The fourth-order valence-electron chi connectivity index (χ4n) is 5.02. The van der Waals surface area contributed by atoms with Crippen molar-refractivity contribution in [1.82, 2.24) is 9.47 Å². The molecule has 11 heteroatoms. The normalized spacial score (nSPS) is 17.7. The zero-order chi connectivity index (χ0) is 25.8. The van der Waals surface area contributed by atoms with Crippen LogP contribution >= 0.6 is 15.9 Å². The summed E-state index contributed by atoms with van der Waals surface area (Å²) in [5.41, 5.74) is 0.454. The van der Waals surface area contributed by atoms with E-state index in [0.717, 1.165) is 50.9 Å².